The van der Waals surface area contributed by atoms with E-state index in [1.807, 2.05) is 11.1 Å². The highest BCUT2D eigenvalue weighted by atomic mass is 16.3. The molecular formula is C14H24N4O2. The largest absolute Gasteiger partial charge is 0.394 e. The highest BCUT2D eigenvalue weighted by Crippen LogP contribution is 2.09. The van der Waals surface area contributed by atoms with E-state index >= 15 is 0 Å². The summed E-state index contributed by atoms with van der Waals surface area (Å²) < 4.78 is 1.72. The number of aromatic nitrogens is 2. The van der Waals surface area contributed by atoms with E-state index < -0.39 is 0 Å². The minimum absolute atomic E-state index is 0.0961. The molecule has 20 heavy (non-hydrogen) atoms. The number of aliphatic hydroxyl groups excluding tert-OH is 1. The van der Waals surface area contributed by atoms with E-state index in [1.54, 1.807) is 10.9 Å². The van der Waals surface area contributed by atoms with E-state index in [0.29, 0.717) is 26.1 Å². The number of carbonyl (C=O) groups is 1. The summed E-state index contributed by atoms with van der Waals surface area (Å²) in [6, 6.07) is 0. The van der Waals surface area contributed by atoms with Crippen molar-refractivity contribution in [3.05, 3.63) is 18.0 Å². The Labute approximate surface area is 119 Å². The van der Waals surface area contributed by atoms with Crippen LogP contribution < -0.4 is 5.32 Å². The first-order valence-electron chi connectivity index (χ1n) is 7.40. The molecule has 1 amide bonds. The zero-order chi connectivity index (χ0) is 14.2. The Morgan fingerprint density at radius 2 is 2.15 bits per heavy atom. The molecule has 6 nitrogen and oxygen atoms in total. The Bertz CT molecular complexity index is 413. The average Bonchev–Trinajstić information content (AvgIpc) is 2.92. The third kappa shape index (κ3) is 4.61. The van der Waals surface area contributed by atoms with Crippen LogP contribution in [0.2, 0.25) is 0 Å². The molecule has 0 spiro atoms. The van der Waals surface area contributed by atoms with Gasteiger partial charge in [-0.3, -0.25) is 9.48 Å². The minimum atomic E-state index is 0.0961. The van der Waals surface area contributed by atoms with Crippen LogP contribution in [-0.4, -0.2) is 51.9 Å². The number of nitrogens with zero attached hydrogens (tertiary/aromatic N) is 3. The van der Waals surface area contributed by atoms with Crippen molar-refractivity contribution in [2.75, 3.05) is 26.2 Å². The quantitative estimate of drug-likeness (QED) is 0.708. The summed E-state index contributed by atoms with van der Waals surface area (Å²) in [7, 11) is 0. The lowest BCUT2D eigenvalue weighted by Crippen LogP contribution is -2.37. The van der Waals surface area contributed by atoms with Crippen LogP contribution in [0.3, 0.4) is 0 Å². The summed E-state index contributed by atoms with van der Waals surface area (Å²) in [5.74, 6) is 0.258. The van der Waals surface area contributed by atoms with Crippen LogP contribution in [0.25, 0.3) is 0 Å². The van der Waals surface area contributed by atoms with E-state index in [-0.39, 0.29) is 12.5 Å². The molecule has 0 saturated carbocycles. The van der Waals surface area contributed by atoms with Gasteiger partial charge < -0.3 is 15.3 Å². The monoisotopic (exact) mass is 280 g/mol. The van der Waals surface area contributed by atoms with E-state index in [9.17, 15) is 4.79 Å². The number of amides is 1. The van der Waals surface area contributed by atoms with Crippen LogP contribution in [0.1, 0.15) is 31.2 Å². The predicted octanol–water partition coefficient (Wildman–Crippen LogP) is 0.368. The molecule has 2 N–H and O–H groups in total. The number of rotatable bonds is 7. The van der Waals surface area contributed by atoms with Gasteiger partial charge in [-0.1, -0.05) is 0 Å². The Kier molecular flexibility index (Phi) is 6.01. The van der Waals surface area contributed by atoms with Gasteiger partial charge in [-0.25, -0.2) is 0 Å². The first-order valence-corrected chi connectivity index (χ1v) is 7.40. The van der Waals surface area contributed by atoms with Crippen molar-refractivity contribution in [1.29, 1.82) is 0 Å². The Morgan fingerprint density at radius 1 is 1.35 bits per heavy atom. The molecule has 0 aromatic carbocycles. The van der Waals surface area contributed by atoms with E-state index in [4.69, 9.17) is 5.11 Å². The molecule has 2 heterocycles. The van der Waals surface area contributed by atoms with Crippen LogP contribution in [-0.2, 0) is 17.9 Å². The van der Waals surface area contributed by atoms with Crippen molar-refractivity contribution in [3.8, 4) is 0 Å². The second-order valence-corrected chi connectivity index (χ2v) is 5.20. The van der Waals surface area contributed by atoms with Gasteiger partial charge in [0.25, 0.3) is 0 Å². The smallest absolute Gasteiger partial charge is 0.223 e. The third-order valence-electron chi connectivity index (χ3n) is 3.57. The number of carbonyl (C=O) groups excluding carboxylic acids is 1. The Morgan fingerprint density at radius 3 is 2.90 bits per heavy atom. The number of nitrogens with one attached hydrogen (secondary N) is 1. The lowest BCUT2D eigenvalue weighted by molar-refractivity contribution is -0.131. The van der Waals surface area contributed by atoms with E-state index in [1.165, 1.54) is 6.42 Å². The van der Waals surface area contributed by atoms with Crippen LogP contribution in [0, 0.1) is 0 Å². The number of piperidine rings is 1. The van der Waals surface area contributed by atoms with Crippen molar-refractivity contribution in [1.82, 2.24) is 20.0 Å². The Balaban J connectivity index is 1.61. The fourth-order valence-electron chi connectivity index (χ4n) is 2.45. The van der Waals surface area contributed by atoms with Crippen molar-refractivity contribution >= 4 is 5.91 Å². The number of likely N-dealkylation sites (tertiary alicyclic amines) is 1. The van der Waals surface area contributed by atoms with E-state index in [2.05, 4.69) is 10.4 Å². The maximum atomic E-state index is 11.9. The number of hydrogen-bond acceptors (Lipinski definition) is 4. The highest BCUT2D eigenvalue weighted by molar-refractivity contribution is 5.76. The molecule has 0 bridgehead atoms. The van der Waals surface area contributed by atoms with E-state index in [0.717, 1.165) is 31.5 Å². The van der Waals surface area contributed by atoms with Gasteiger partial charge in [0, 0.05) is 44.4 Å². The first-order chi connectivity index (χ1) is 9.79. The van der Waals surface area contributed by atoms with Gasteiger partial charge in [-0.05, 0) is 19.3 Å². The van der Waals surface area contributed by atoms with Crippen molar-refractivity contribution < 1.29 is 9.90 Å². The summed E-state index contributed by atoms with van der Waals surface area (Å²) in [5.41, 5.74) is 1.07. The summed E-state index contributed by atoms with van der Waals surface area (Å²) in [5, 5.41) is 16.2. The zero-order valence-corrected chi connectivity index (χ0v) is 11.9. The molecule has 1 aromatic rings. The summed E-state index contributed by atoms with van der Waals surface area (Å²) in [6.07, 6.45) is 7.79. The predicted molar refractivity (Wildman–Crippen MR) is 76.1 cm³/mol. The fourth-order valence-corrected chi connectivity index (χ4v) is 2.45. The van der Waals surface area contributed by atoms with Crippen molar-refractivity contribution in [3.63, 3.8) is 0 Å². The van der Waals surface area contributed by atoms with Gasteiger partial charge in [0.05, 0.1) is 19.3 Å². The molecule has 6 heteroatoms. The second-order valence-electron chi connectivity index (χ2n) is 5.20. The van der Waals surface area contributed by atoms with Gasteiger partial charge in [-0.2, -0.15) is 5.10 Å². The molecule has 1 aliphatic rings. The summed E-state index contributed by atoms with van der Waals surface area (Å²) in [6.45, 7) is 3.87. The van der Waals surface area contributed by atoms with Crippen molar-refractivity contribution in [2.24, 2.45) is 0 Å². The summed E-state index contributed by atoms with van der Waals surface area (Å²) in [4.78, 5) is 13.9. The van der Waals surface area contributed by atoms with Gasteiger partial charge in [0.2, 0.25) is 5.91 Å². The van der Waals surface area contributed by atoms with Crippen LogP contribution in [0.5, 0.6) is 0 Å². The molecule has 0 atom stereocenters. The van der Waals surface area contributed by atoms with Gasteiger partial charge in [0.1, 0.15) is 0 Å². The van der Waals surface area contributed by atoms with Crippen LogP contribution in [0.4, 0.5) is 0 Å². The Hall–Kier alpha value is -1.40. The van der Waals surface area contributed by atoms with Gasteiger partial charge in [0.15, 0.2) is 0 Å². The molecule has 1 fully saturated rings. The molecule has 0 aliphatic carbocycles. The second kappa shape index (κ2) is 8.01. The molecule has 0 radical (unpaired) electrons. The average molecular weight is 280 g/mol. The molecule has 0 unspecified atom stereocenters. The standard InChI is InChI=1S/C14H24N4O2/c19-9-8-18-12-13(11-16-18)10-15-5-4-14(20)17-6-2-1-3-7-17/h11-12,15,19H,1-10H2. The van der Waals surface area contributed by atoms with Crippen LogP contribution >= 0.6 is 0 Å². The normalized spacial score (nSPS) is 15.6. The fraction of sp³-hybridized carbons (Fsp3) is 0.714. The molecule has 1 saturated heterocycles. The number of hydrogen-bond donors (Lipinski definition) is 2. The first kappa shape index (κ1) is 15.0. The highest BCUT2D eigenvalue weighted by Gasteiger charge is 2.15. The molecule has 2 rings (SSSR count). The van der Waals surface area contributed by atoms with Crippen molar-refractivity contribution in [2.45, 2.75) is 38.8 Å². The molecule has 1 aliphatic heterocycles. The van der Waals surface area contributed by atoms with Gasteiger partial charge >= 0.3 is 0 Å². The SMILES string of the molecule is O=C(CCNCc1cnn(CCO)c1)N1CCCCC1. The van der Waals surface area contributed by atoms with Gasteiger partial charge in [-0.15, -0.1) is 0 Å². The topological polar surface area (TPSA) is 70.4 Å². The lowest BCUT2D eigenvalue weighted by Gasteiger charge is -2.26. The molecular weight excluding hydrogens is 256 g/mol. The summed E-state index contributed by atoms with van der Waals surface area (Å²) >= 11 is 0. The molecule has 1 aromatic heterocycles. The third-order valence-corrected chi connectivity index (χ3v) is 3.57. The van der Waals surface area contributed by atoms with Crippen LogP contribution in [0.15, 0.2) is 12.4 Å². The maximum Gasteiger partial charge on any atom is 0.223 e. The number of aliphatic hydroxyl groups is 1. The maximum absolute atomic E-state index is 11.9. The lowest BCUT2D eigenvalue weighted by atomic mass is 10.1. The minimum Gasteiger partial charge on any atom is -0.394 e. The molecule has 112 valence electrons. The zero-order valence-electron chi connectivity index (χ0n) is 11.9.